The molecule has 1 aliphatic rings. The number of nitrogens with one attached hydrogen (secondary N) is 3. The van der Waals surface area contributed by atoms with E-state index < -0.39 is 10.0 Å². The van der Waals surface area contributed by atoms with E-state index >= 15 is 0 Å². The van der Waals surface area contributed by atoms with Crippen LogP contribution >= 0.6 is 11.3 Å². The van der Waals surface area contributed by atoms with E-state index in [4.69, 9.17) is 0 Å². The van der Waals surface area contributed by atoms with Crippen LogP contribution in [-0.4, -0.2) is 25.4 Å². The third-order valence-corrected chi connectivity index (χ3v) is 6.72. The van der Waals surface area contributed by atoms with Gasteiger partial charge in [0.1, 0.15) is 9.88 Å². The summed E-state index contributed by atoms with van der Waals surface area (Å²) in [7, 11) is -3.48. The quantitative estimate of drug-likeness (QED) is 0.516. The van der Waals surface area contributed by atoms with E-state index in [0.717, 1.165) is 23.4 Å². The number of hydrogen-bond donors (Lipinski definition) is 3. The zero-order valence-corrected chi connectivity index (χ0v) is 16.4. The maximum atomic E-state index is 12.3. The number of hydrazine groups is 1. The fourth-order valence-electron chi connectivity index (χ4n) is 2.49. The molecule has 0 unspecified atom stereocenters. The normalized spacial score (nSPS) is 13.9. The van der Waals surface area contributed by atoms with Gasteiger partial charge in [-0.1, -0.05) is 30.3 Å². The van der Waals surface area contributed by atoms with Gasteiger partial charge in [-0.15, -0.1) is 11.3 Å². The highest BCUT2D eigenvalue weighted by Gasteiger charge is 2.27. The summed E-state index contributed by atoms with van der Waals surface area (Å²) in [4.78, 5) is 17.3. The number of benzene rings is 2. The van der Waals surface area contributed by atoms with Gasteiger partial charge in [-0.3, -0.25) is 15.6 Å². The molecule has 3 N–H and O–H groups in total. The van der Waals surface area contributed by atoms with Crippen LogP contribution < -0.4 is 15.6 Å². The Balaban J connectivity index is 1.36. The summed E-state index contributed by atoms with van der Waals surface area (Å²) in [5, 5.41) is 0.767. The molecule has 1 aromatic heterocycles. The number of thiazole rings is 1. The second-order valence-corrected chi connectivity index (χ2v) is 9.14. The van der Waals surface area contributed by atoms with Crippen LogP contribution in [0.15, 0.2) is 65.7 Å². The molecular formula is C19H18N4O3S2. The largest absolute Gasteiger partial charge is 0.298 e. The predicted octanol–water partition coefficient (Wildman–Crippen LogP) is 3.01. The lowest BCUT2D eigenvalue weighted by Crippen LogP contribution is -2.29. The molecule has 1 aliphatic carbocycles. The predicted molar refractivity (Wildman–Crippen MR) is 108 cm³/mol. The first-order valence-corrected chi connectivity index (χ1v) is 11.0. The van der Waals surface area contributed by atoms with Crippen LogP contribution in [0.1, 0.15) is 22.5 Å². The number of carbonyl (C=O) groups is 1. The van der Waals surface area contributed by atoms with Crippen molar-refractivity contribution in [1.82, 2.24) is 15.1 Å². The van der Waals surface area contributed by atoms with Crippen LogP contribution in [-0.2, 0) is 10.0 Å². The summed E-state index contributed by atoms with van der Waals surface area (Å²) in [6.45, 7) is 0. The first kappa shape index (κ1) is 18.6. The number of nitrogens with zero attached hydrogens (tertiary/aromatic N) is 1. The van der Waals surface area contributed by atoms with Crippen molar-refractivity contribution in [2.45, 2.75) is 23.8 Å². The van der Waals surface area contributed by atoms with Gasteiger partial charge in [0, 0.05) is 11.6 Å². The summed E-state index contributed by atoms with van der Waals surface area (Å²) >= 11 is 1.30. The summed E-state index contributed by atoms with van der Waals surface area (Å²) in [6, 6.07) is 15.9. The molecule has 1 saturated carbocycles. The average Bonchev–Trinajstić information content (AvgIpc) is 3.37. The van der Waals surface area contributed by atoms with Gasteiger partial charge in [-0.05, 0) is 37.1 Å². The molecule has 0 radical (unpaired) electrons. The van der Waals surface area contributed by atoms with Crippen molar-refractivity contribution < 1.29 is 13.2 Å². The molecule has 7 nitrogen and oxygen atoms in total. The summed E-state index contributed by atoms with van der Waals surface area (Å²) < 4.78 is 26.9. The molecule has 0 spiro atoms. The minimum absolute atomic E-state index is 0.0577. The lowest BCUT2D eigenvalue weighted by Gasteiger charge is -2.09. The van der Waals surface area contributed by atoms with E-state index in [1.807, 2.05) is 30.3 Å². The van der Waals surface area contributed by atoms with Crippen molar-refractivity contribution in [2.75, 3.05) is 5.43 Å². The zero-order valence-electron chi connectivity index (χ0n) is 14.8. The molecule has 28 heavy (non-hydrogen) atoms. The Bertz CT molecular complexity index is 1080. The van der Waals surface area contributed by atoms with E-state index in [9.17, 15) is 13.2 Å². The molecule has 1 heterocycles. The first-order valence-electron chi connectivity index (χ1n) is 8.71. The molecule has 0 aliphatic heterocycles. The fourth-order valence-corrected chi connectivity index (χ4v) is 4.61. The van der Waals surface area contributed by atoms with Gasteiger partial charge >= 0.3 is 0 Å². The minimum atomic E-state index is -3.48. The molecular weight excluding hydrogens is 396 g/mol. The van der Waals surface area contributed by atoms with Gasteiger partial charge in [0.25, 0.3) is 5.91 Å². The minimum Gasteiger partial charge on any atom is -0.298 e. The molecule has 0 bridgehead atoms. The lowest BCUT2D eigenvalue weighted by molar-refractivity contribution is 0.0966. The smallest absolute Gasteiger partial charge is 0.281 e. The van der Waals surface area contributed by atoms with E-state index in [1.54, 1.807) is 12.1 Å². The first-order chi connectivity index (χ1) is 13.5. The van der Waals surface area contributed by atoms with E-state index in [0.29, 0.717) is 10.6 Å². The molecule has 1 fully saturated rings. The number of hydrogen-bond acceptors (Lipinski definition) is 6. The highest BCUT2D eigenvalue weighted by molar-refractivity contribution is 7.89. The number of aromatic nitrogens is 1. The number of sulfonamides is 1. The Hall–Kier alpha value is -2.75. The van der Waals surface area contributed by atoms with Gasteiger partial charge in [-0.25, -0.2) is 18.1 Å². The maximum Gasteiger partial charge on any atom is 0.281 e. The van der Waals surface area contributed by atoms with Crippen LogP contribution in [0.4, 0.5) is 5.69 Å². The Morgan fingerprint density at radius 1 is 1.04 bits per heavy atom. The van der Waals surface area contributed by atoms with Crippen molar-refractivity contribution in [3.8, 4) is 10.6 Å². The summed E-state index contributed by atoms with van der Waals surface area (Å²) in [5.74, 6) is -0.313. The Morgan fingerprint density at radius 2 is 1.75 bits per heavy atom. The van der Waals surface area contributed by atoms with Crippen molar-refractivity contribution in [3.05, 3.63) is 65.7 Å². The lowest BCUT2D eigenvalue weighted by atomic mass is 10.2. The van der Waals surface area contributed by atoms with Gasteiger partial charge < -0.3 is 0 Å². The Kier molecular flexibility index (Phi) is 5.12. The third-order valence-electron chi connectivity index (χ3n) is 4.13. The molecule has 0 saturated heterocycles. The molecule has 0 atom stereocenters. The second-order valence-electron chi connectivity index (χ2n) is 6.39. The average molecular weight is 415 g/mol. The molecule has 144 valence electrons. The van der Waals surface area contributed by atoms with Gasteiger partial charge in [0.05, 0.1) is 16.8 Å². The van der Waals surface area contributed by atoms with Crippen molar-refractivity contribution in [3.63, 3.8) is 0 Å². The summed E-state index contributed by atoms with van der Waals surface area (Å²) in [5.41, 5.74) is 6.91. The van der Waals surface area contributed by atoms with E-state index in [2.05, 4.69) is 20.6 Å². The van der Waals surface area contributed by atoms with E-state index in [-0.39, 0.29) is 16.8 Å². The number of amides is 1. The van der Waals surface area contributed by atoms with Gasteiger partial charge in [0.15, 0.2) is 0 Å². The van der Waals surface area contributed by atoms with Crippen molar-refractivity contribution in [1.29, 1.82) is 0 Å². The third kappa shape index (κ3) is 4.38. The number of carbonyl (C=O) groups excluding carboxylic acids is 1. The van der Waals surface area contributed by atoms with Crippen LogP contribution in [0.2, 0.25) is 0 Å². The van der Waals surface area contributed by atoms with Gasteiger partial charge in [-0.2, -0.15) is 0 Å². The zero-order chi connectivity index (χ0) is 19.6. The highest BCUT2D eigenvalue weighted by atomic mass is 32.2. The molecule has 3 aromatic rings. The Morgan fingerprint density at radius 3 is 2.43 bits per heavy atom. The molecule has 4 rings (SSSR count). The molecule has 2 aromatic carbocycles. The Labute approximate surface area is 166 Å². The van der Waals surface area contributed by atoms with Crippen molar-refractivity contribution in [2.24, 2.45) is 0 Å². The number of rotatable bonds is 7. The SMILES string of the molecule is O=C(NNc1ccc(S(=O)(=O)NC2CC2)cc1)c1cnc(-c2ccccc2)s1. The monoisotopic (exact) mass is 414 g/mol. The number of anilines is 1. The maximum absolute atomic E-state index is 12.3. The van der Waals surface area contributed by atoms with Crippen molar-refractivity contribution >= 4 is 33.0 Å². The standard InChI is InChI=1S/C19H18N4O3S2/c24-18(17-12-20-19(27-17)13-4-2-1-3-5-13)22-21-14-8-10-16(11-9-14)28(25,26)23-15-6-7-15/h1-5,8-12,15,21,23H,6-7H2,(H,22,24). The topological polar surface area (TPSA) is 100 Å². The fraction of sp³-hybridized carbons (Fsp3) is 0.158. The van der Waals surface area contributed by atoms with Crippen LogP contribution in [0, 0.1) is 0 Å². The molecule has 9 heteroatoms. The van der Waals surface area contributed by atoms with E-state index in [1.165, 1.54) is 29.7 Å². The highest BCUT2D eigenvalue weighted by Crippen LogP contribution is 2.25. The van der Waals surface area contributed by atoms with Gasteiger partial charge in [0.2, 0.25) is 10.0 Å². The summed E-state index contributed by atoms with van der Waals surface area (Å²) in [6.07, 6.45) is 3.30. The second kappa shape index (κ2) is 7.70. The van der Waals surface area contributed by atoms with Crippen LogP contribution in [0.3, 0.4) is 0 Å². The van der Waals surface area contributed by atoms with Crippen LogP contribution in [0.25, 0.3) is 10.6 Å². The van der Waals surface area contributed by atoms with Crippen LogP contribution in [0.5, 0.6) is 0 Å². The molecule has 1 amide bonds.